The van der Waals surface area contributed by atoms with E-state index in [1.165, 1.54) is 4.90 Å². The Morgan fingerprint density at radius 1 is 1.03 bits per heavy atom. The van der Waals surface area contributed by atoms with Gasteiger partial charge in [-0.05, 0) is 50.2 Å². The molecule has 0 aliphatic carbocycles. The Morgan fingerprint density at radius 2 is 1.62 bits per heavy atom. The van der Waals surface area contributed by atoms with Gasteiger partial charge in [-0.3, -0.25) is 9.59 Å². The normalized spacial score (nSPS) is 19.0. The van der Waals surface area contributed by atoms with Crippen LogP contribution in [-0.2, 0) is 9.59 Å². The number of para-hydroxylation sites is 1. The van der Waals surface area contributed by atoms with Gasteiger partial charge in [-0.1, -0.05) is 18.2 Å². The Morgan fingerprint density at radius 3 is 2.17 bits per heavy atom. The smallest absolute Gasteiger partial charge is 0.279 e. The zero-order chi connectivity index (χ0) is 20.8. The topological polar surface area (TPSA) is 79.9 Å². The fourth-order valence-electron chi connectivity index (χ4n) is 3.96. The number of rotatable bonds is 7. The summed E-state index contributed by atoms with van der Waals surface area (Å²) in [6.45, 7) is 6.34. The molecule has 1 heterocycles. The molecule has 6 nitrogen and oxygen atoms in total. The first-order valence-corrected chi connectivity index (χ1v) is 10.3. The van der Waals surface area contributed by atoms with Gasteiger partial charge >= 0.3 is 0 Å². The van der Waals surface area contributed by atoms with Gasteiger partial charge in [0.05, 0.1) is 13.1 Å². The number of likely N-dealkylation sites (tertiary alicyclic amines) is 1. The number of nitrogens with two attached hydrogens (primary N) is 1. The lowest BCUT2D eigenvalue weighted by Gasteiger charge is -2.29. The molecule has 1 aliphatic rings. The van der Waals surface area contributed by atoms with Crippen molar-refractivity contribution in [2.75, 3.05) is 29.9 Å². The number of nitrogens with zero attached hydrogens (tertiary/aromatic N) is 1. The summed E-state index contributed by atoms with van der Waals surface area (Å²) >= 11 is 0. The Bertz CT molecular complexity index is 813. The molecule has 1 fully saturated rings. The number of nitrogens with one attached hydrogen (secondary N) is 2. The van der Waals surface area contributed by atoms with E-state index in [4.69, 9.17) is 5.73 Å². The third-order valence-electron chi connectivity index (χ3n) is 5.49. The monoisotopic (exact) mass is 395 g/mol. The molecule has 0 unspecified atom stereocenters. The van der Waals surface area contributed by atoms with Crippen LogP contribution in [0.3, 0.4) is 0 Å². The van der Waals surface area contributed by atoms with Crippen molar-refractivity contribution in [2.24, 2.45) is 11.7 Å². The molecule has 1 saturated heterocycles. The van der Waals surface area contributed by atoms with Crippen LogP contribution in [0.25, 0.3) is 0 Å². The Hall–Kier alpha value is -2.86. The third-order valence-corrected chi connectivity index (χ3v) is 5.49. The van der Waals surface area contributed by atoms with E-state index in [0.29, 0.717) is 12.6 Å². The largest absolute Gasteiger partial charge is 0.369 e. The highest BCUT2D eigenvalue weighted by Crippen LogP contribution is 2.28. The number of hydrogen-bond acceptors (Lipinski definition) is 3. The minimum absolute atomic E-state index is 0.00551. The van der Waals surface area contributed by atoms with Crippen LogP contribution < -0.4 is 20.9 Å². The van der Waals surface area contributed by atoms with Crippen LogP contribution in [0.5, 0.6) is 0 Å². The molecule has 1 aliphatic heterocycles. The first-order chi connectivity index (χ1) is 13.9. The van der Waals surface area contributed by atoms with Crippen LogP contribution >= 0.6 is 0 Å². The second-order valence-corrected chi connectivity index (χ2v) is 8.00. The Balaban J connectivity index is 1.57. The number of quaternary nitrogens is 1. The second kappa shape index (κ2) is 9.56. The first kappa shape index (κ1) is 20.9. The van der Waals surface area contributed by atoms with E-state index < -0.39 is 0 Å². The lowest BCUT2D eigenvalue weighted by atomic mass is 9.96. The molecule has 4 N–H and O–H groups in total. The van der Waals surface area contributed by atoms with Crippen LogP contribution in [0.15, 0.2) is 54.6 Å². The molecule has 0 bridgehead atoms. The third kappa shape index (κ3) is 5.57. The average Bonchev–Trinajstić information content (AvgIpc) is 2.70. The van der Waals surface area contributed by atoms with Crippen molar-refractivity contribution in [1.29, 1.82) is 0 Å². The number of carbonyl (C=O) groups excluding carboxylic acids is 2. The SMILES string of the molecule is CC(C)N(c1ccccc1)c1ccc(NC(=O)C[NH+]2CCC(C(N)=O)CC2)cc1. The fraction of sp³-hybridized carbons (Fsp3) is 0.391. The van der Waals surface area contributed by atoms with Gasteiger partial charge in [-0.25, -0.2) is 0 Å². The highest BCUT2D eigenvalue weighted by Gasteiger charge is 2.27. The van der Waals surface area contributed by atoms with E-state index in [1.54, 1.807) is 0 Å². The van der Waals surface area contributed by atoms with E-state index in [9.17, 15) is 9.59 Å². The minimum atomic E-state index is -0.223. The first-order valence-electron chi connectivity index (χ1n) is 10.3. The molecule has 6 heteroatoms. The van der Waals surface area contributed by atoms with Crippen LogP contribution in [0.4, 0.5) is 17.1 Å². The molecule has 29 heavy (non-hydrogen) atoms. The number of primary amides is 1. The maximum Gasteiger partial charge on any atom is 0.279 e. The van der Waals surface area contributed by atoms with Crippen molar-refractivity contribution in [3.05, 3.63) is 54.6 Å². The zero-order valence-electron chi connectivity index (χ0n) is 17.2. The summed E-state index contributed by atoms with van der Waals surface area (Å²) in [6.07, 6.45) is 1.52. The summed E-state index contributed by atoms with van der Waals surface area (Å²) < 4.78 is 0. The van der Waals surface area contributed by atoms with Crippen LogP contribution in [0.1, 0.15) is 26.7 Å². The molecule has 2 amide bonds. The number of piperidine rings is 1. The molecular formula is C23H31N4O2+. The van der Waals surface area contributed by atoms with Gasteiger partial charge in [0.1, 0.15) is 0 Å². The summed E-state index contributed by atoms with van der Waals surface area (Å²) in [7, 11) is 0. The summed E-state index contributed by atoms with van der Waals surface area (Å²) in [5.74, 6) is -0.267. The van der Waals surface area contributed by atoms with Gasteiger partial charge in [-0.15, -0.1) is 0 Å². The lowest BCUT2D eigenvalue weighted by Crippen LogP contribution is -3.14. The van der Waals surface area contributed by atoms with E-state index in [0.717, 1.165) is 43.0 Å². The number of amides is 2. The number of anilines is 3. The van der Waals surface area contributed by atoms with Crippen LogP contribution in [0.2, 0.25) is 0 Å². The van der Waals surface area contributed by atoms with E-state index in [1.807, 2.05) is 42.5 Å². The van der Waals surface area contributed by atoms with Crippen molar-refractivity contribution in [1.82, 2.24) is 0 Å². The number of hydrogen-bond donors (Lipinski definition) is 3. The quantitative estimate of drug-likeness (QED) is 0.670. The Kier molecular flexibility index (Phi) is 6.88. The van der Waals surface area contributed by atoms with E-state index >= 15 is 0 Å². The second-order valence-electron chi connectivity index (χ2n) is 8.00. The van der Waals surface area contributed by atoms with Crippen molar-refractivity contribution >= 4 is 28.9 Å². The predicted molar refractivity (Wildman–Crippen MR) is 116 cm³/mol. The highest BCUT2D eigenvalue weighted by atomic mass is 16.2. The van der Waals surface area contributed by atoms with Gasteiger partial charge in [0.25, 0.3) is 5.91 Å². The molecular weight excluding hydrogens is 364 g/mol. The van der Waals surface area contributed by atoms with Crippen LogP contribution in [-0.4, -0.2) is 37.5 Å². The lowest BCUT2D eigenvalue weighted by molar-refractivity contribution is -0.897. The molecule has 0 atom stereocenters. The molecule has 0 saturated carbocycles. The standard InChI is InChI=1S/C23H30N4O2/c1-17(2)27(20-6-4-3-5-7-20)21-10-8-19(9-11-21)25-22(28)16-26-14-12-18(13-15-26)23(24)29/h3-11,17-18H,12-16H2,1-2H3,(H2,24,29)(H,25,28)/p+1. The van der Waals surface area contributed by atoms with Crippen molar-refractivity contribution in [2.45, 2.75) is 32.7 Å². The van der Waals surface area contributed by atoms with Crippen molar-refractivity contribution in [3.8, 4) is 0 Å². The van der Waals surface area contributed by atoms with Gasteiger partial charge in [0.15, 0.2) is 6.54 Å². The molecule has 3 rings (SSSR count). The molecule has 0 aromatic heterocycles. The minimum Gasteiger partial charge on any atom is -0.369 e. The molecule has 0 radical (unpaired) electrons. The van der Waals surface area contributed by atoms with Crippen molar-refractivity contribution in [3.63, 3.8) is 0 Å². The van der Waals surface area contributed by atoms with Gasteiger partial charge < -0.3 is 20.9 Å². The zero-order valence-corrected chi connectivity index (χ0v) is 17.2. The van der Waals surface area contributed by atoms with E-state index in [2.05, 4.69) is 36.2 Å². The summed E-state index contributed by atoms with van der Waals surface area (Å²) in [5, 5.41) is 2.99. The molecule has 2 aromatic rings. The summed E-state index contributed by atoms with van der Waals surface area (Å²) in [4.78, 5) is 27.1. The van der Waals surface area contributed by atoms with Gasteiger partial charge in [0.2, 0.25) is 5.91 Å². The highest BCUT2D eigenvalue weighted by molar-refractivity contribution is 5.91. The van der Waals surface area contributed by atoms with Crippen molar-refractivity contribution < 1.29 is 14.5 Å². The van der Waals surface area contributed by atoms with Gasteiger partial charge in [-0.2, -0.15) is 0 Å². The number of benzene rings is 2. The molecule has 154 valence electrons. The summed E-state index contributed by atoms with van der Waals surface area (Å²) in [5.41, 5.74) is 8.40. The number of carbonyl (C=O) groups is 2. The predicted octanol–water partition coefficient (Wildman–Crippen LogP) is 1.95. The molecule has 0 spiro atoms. The fourth-order valence-corrected chi connectivity index (χ4v) is 3.96. The maximum atomic E-state index is 12.4. The average molecular weight is 396 g/mol. The Labute approximate surface area is 172 Å². The van der Waals surface area contributed by atoms with Crippen LogP contribution in [0, 0.1) is 5.92 Å². The molecule has 2 aromatic carbocycles. The maximum absolute atomic E-state index is 12.4. The van der Waals surface area contributed by atoms with E-state index in [-0.39, 0.29) is 17.7 Å². The summed E-state index contributed by atoms with van der Waals surface area (Å²) in [6, 6.07) is 18.5. The van der Waals surface area contributed by atoms with Gasteiger partial charge in [0, 0.05) is 41.9 Å².